The number of aromatic nitrogens is 3. The summed E-state index contributed by atoms with van der Waals surface area (Å²) in [6.07, 6.45) is 5.32. The standard InChI is InChI=1S/C14H19BrN4O/c1-4-16-6-11-5-12(15)7-17-14(11)20-13-8-18-19(9-13)10(2)3/h5,7-10,16H,4,6H2,1-3H3. The van der Waals surface area contributed by atoms with Gasteiger partial charge in [0.05, 0.1) is 12.4 Å². The van der Waals surface area contributed by atoms with E-state index in [1.807, 2.05) is 16.9 Å². The third-order valence-corrected chi connectivity index (χ3v) is 3.21. The van der Waals surface area contributed by atoms with Crippen molar-refractivity contribution < 1.29 is 4.74 Å². The van der Waals surface area contributed by atoms with E-state index >= 15 is 0 Å². The fourth-order valence-electron chi connectivity index (χ4n) is 1.71. The highest BCUT2D eigenvalue weighted by Crippen LogP contribution is 2.25. The molecule has 2 heterocycles. The molecule has 5 nitrogen and oxygen atoms in total. The van der Waals surface area contributed by atoms with Gasteiger partial charge in [0.2, 0.25) is 5.88 Å². The van der Waals surface area contributed by atoms with E-state index in [1.54, 1.807) is 12.4 Å². The van der Waals surface area contributed by atoms with Crippen LogP contribution in [0.1, 0.15) is 32.4 Å². The predicted molar refractivity (Wildman–Crippen MR) is 82.0 cm³/mol. The first-order valence-electron chi connectivity index (χ1n) is 6.67. The van der Waals surface area contributed by atoms with E-state index in [2.05, 4.69) is 52.1 Å². The third-order valence-electron chi connectivity index (χ3n) is 2.78. The molecule has 0 saturated heterocycles. The van der Waals surface area contributed by atoms with E-state index in [1.165, 1.54) is 0 Å². The predicted octanol–water partition coefficient (Wildman–Crippen LogP) is 3.52. The summed E-state index contributed by atoms with van der Waals surface area (Å²) in [7, 11) is 0. The zero-order chi connectivity index (χ0) is 14.5. The second-order valence-corrected chi connectivity index (χ2v) is 5.67. The first kappa shape index (κ1) is 15.0. The van der Waals surface area contributed by atoms with Crippen molar-refractivity contribution in [3.63, 3.8) is 0 Å². The number of pyridine rings is 1. The minimum absolute atomic E-state index is 0.312. The summed E-state index contributed by atoms with van der Waals surface area (Å²) in [5.74, 6) is 1.31. The number of nitrogens with zero attached hydrogens (tertiary/aromatic N) is 3. The van der Waals surface area contributed by atoms with Gasteiger partial charge >= 0.3 is 0 Å². The molecule has 1 N–H and O–H groups in total. The Morgan fingerprint density at radius 3 is 2.85 bits per heavy atom. The zero-order valence-corrected chi connectivity index (χ0v) is 13.5. The molecule has 0 aliphatic carbocycles. The molecule has 0 aliphatic rings. The molecule has 0 bridgehead atoms. The van der Waals surface area contributed by atoms with E-state index in [9.17, 15) is 0 Å². The number of nitrogens with one attached hydrogen (secondary N) is 1. The van der Waals surface area contributed by atoms with Crippen LogP contribution >= 0.6 is 15.9 Å². The normalized spacial score (nSPS) is 11.1. The van der Waals surface area contributed by atoms with Gasteiger partial charge in [0.15, 0.2) is 5.75 Å². The van der Waals surface area contributed by atoms with Gasteiger partial charge in [0, 0.05) is 28.8 Å². The van der Waals surface area contributed by atoms with Gasteiger partial charge < -0.3 is 10.1 Å². The van der Waals surface area contributed by atoms with Gasteiger partial charge in [-0.15, -0.1) is 0 Å². The van der Waals surface area contributed by atoms with Crippen molar-refractivity contribution >= 4 is 15.9 Å². The second-order valence-electron chi connectivity index (χ2n) is 4.75. The number of hydrogen-bond donors (Lipinski definition) is 1. The molecule has 2 aromatic rings. The lowest BCUT2D eigenvalue weighted by atomic mass is 10.2. The molecule has 0 aromatic carbocycles. The molecule has 0 fully saturated rings. The zero-order valence-electron chi connectivity index (χ0n) is 11.9. The van der Waals surface area contributed by atoms with Crippen molar-refractivity contribution in [2.45, 2.75) is 33.4 Å². The monoisotopic (exact) mass is 338 g/mol. The molecule has 0 amide bonds. The van der Waals surface area contributed by atoms with E-state index < -0.39 is 0 Å². The Morgan fingerprint density at radius 2 is 2.20 bits per heavy atom. The van der Waals surface area contributed by atoms with Crippen molar-refractivity contribution in [3.05, 3.63) is 34.7 Å². The van der Waals surface area contributed by atoms with Crippen molar-refractivity contribution in [1.29, 1.82) is 0 Å². The molecule has 2 rings (SSSR count). The lowest BCUT2D eigenvalue weighted by Crippen LogP contribution is -2.12. The summed E-state index contributed by atoms with van der Waals surface area (Å²) in [4.78, 5) is 4.33. The Bertz CT molecular complexity index is 568. The van der Waals surface area contributed by atoms with E-state index in [0.29, 0.717) is 17.7 Å². The van der Waals surface area contributed by atoms with Crippen LogP contribution in [-0.2, 0) is 6.54 Å². The highest BCUT2D eigenvalue weighted by molar-refractivity contribution is 9.10. The number of rotatable bonds is 6. The van der Waals surface area contributed by atoms with Crippen LogP contribution in [0, 0.1) is 0 Å². The van der Waals surface area contributed by atoms with Gasteiger partial charge in [-0.2, -0.15) is 5.10 Å². The SMILES string of the molecule is CCNCc1cc(Br)cnc1Oc1cnn(C(C)C)c1. The lowest BCUT2D eigenvalue weighted by Gasteiger charge is -2.09. The lowest BCUT2D eigenvalue weighted by molar-refractivity contribution is 0.450. The van der Waals surface area contributed by atoms with Gasteiger partial charge in [0.25, 0.3) is 0 Å². The maximum absolute atomic E-state index is 5.84. The van der Waals surface area contributed by atoms with Crippen molar-refractivity contribution in [2.24, 2.45) is 0 Å². The first-order chi connectivity index (χ1) is 9.60. The van der Waals surface area contributed by atoms with Crippen LogP contribution in [0.4, 0.5) is 0 Å². The molecule has 20 heavy (non-hydrogen) atoms. The quantitative estimate of drug-likeness (QED) is 0.875. The van der Waals surface area contributed by atoms with Crippen molar-refractivity contribution in [2.75, 3.05) is 6.54 Å². The molecule has 0 radical (unpaired) electrons. The van der Waals surface area contributed by atoms with Crippen LogP contribution in [0.5, 0.6) is 11.6 Å². The Morgan fingerprint density at radius 1 is 1.40 bits per heavy atom. The molecule has 0 spiro atoms. The Kier molecular flexibility index (Phi) is 5.14. The van der Waals surface area contributed by atoms with Crippen LogP contribution in [0.3, 0.4) is 0 Å². The molecule has 0 aliphatic heterocycles. The van der Waals surface area contributed by atoms with Gasteiger partial charge in [-0.25, -0.2) is 4.98 Å². The molecular formula is C14H19BrN4O. The fourth-order valence-corrected chi connectivity index (χ4v) is 2.09. The molecular weight excluding hydrogens is 320 g/mol. The summed E-state index contributed by atoms with van der Waals surface area (Å²) in [5.41, 5.74) is 1.01. The molecule has 0 unspecified atom stereocenters. The van der Waals surface area contributed by atoms with Gasteiger partial charge in [-0.1, -0.05) is 6.92 Å². The van der Waals surface area contributed by atoms with Crippen LogP contribution in [-0.4, -0.2) is 21.3 Å². The summed E-state index contributed by atoms with van der Waals surface area (Å²) in [6, 6.07) is 2.32. The minimum Gasteiger partial charge on any atom is -0.435 e. The van der Waals surface area contributed by atoms with Gasteiger partial charge in [0.1, 0.15) is 0 Å². The van der Waals surface area contributed by atoms with E-state index in [-0.39, 0.29) is 0 Å². The molecule has 6 heteroatoms. The van der Waals surface area contributed by atoms with Crippen LogP contribution < -0.4 is 10.1 Å². The van der Waals surface area contributed by atoms with Crippen molar-refractivity contribution in [1.82, 2.24) is 20.1 Å². The maximum atomic E-state index is 5.84. The topological polar surface area (TPSA) is 52.0 Å². The van der Waals surface area contributed by atoms with Gasteiger partial charge in [-0.05, 0) is 42.4 Å². The largest absolute Gasteiger partial charge is 0.435 e. The number of ether oxygens (including phenoxy) is 1. The molecule has 0 saturated carbocycles. The summed E-state index contributed by atoms with van der Waals surface area (Å²) < 4.78 is 8.64. The number of hydrogen-bond acceptors (Lipinski definition) is 4. The second kappa shape index (κ2) is 6.85. The average molecular weight is 339 g/mol. The minimum atomic E-state index is 0.312. The smallest absolute Gasteiger partial charge is 0.223 e. The van der Waals surface area contributed by atoms with Crippen LogP contribution in [0.15, 0.2) is 29.1 Å². The highest BCUT2D eigenvalue weighted by Gasteiger charge is 2.09. The van der Waals surface area contributed by atoms with Gasteiger partial charge in [-0.3, -0.25) is 4.68 Å². The Balaban J connectivity index is 2.18. The fraction of sp³-hybridized carbons (Fsp3) is 0.429. The van der Waals surface area contributed by atoms with Crippen LogP contribution in [0.25, 0.3) is 0 Å². The number of halogens is 1. The van der Waals surface area contributed by atoms with Crippen molar-refractivity contribution in [3.8, 4) is 11.6 Å². The summed E-state index contributed by atoms with van der Waals surface area (Å²) in [6.45, 7) is 7.84. The molecule has 0 atom stereocenters. The Labute approximate surface area is 127 Å². The molecule has 2 aromatic heterocycles. The third kappa shape index (κ3) is 3.80. The first-order valence-corrected chi connectivity index (χ1v) is 7.46. The maximum Gasteiger partial charge on any atom is 0.223 e. The van der Waals surface area contributed by atoms with Crippen LogP contribution in [0.2, 0.25) is 0 Å². The Hall–Kier alpha value is -1.40. The summed E-state index contributed by atoms with van der Waals surface area (Å²) in [5, 5.41) is 7.54. The average Bonchev–Trinajstić information content (AvgIpc) is 2.88. The van der Waals surface area contributed by atoms with E-state index in [4.69, 9.17) is 4.74 Å². The summed E-state index contributed by atoms with van der Waals surface area (Å²) >= 11 is 3.43. The van der Waals surface area contributed by atoms with E-state index in [0.717, 1.165) is 23.1 Å². The molecule has 108 valence electrons. The highest BCUT2D eigenvalue weighted by atomic mass is 79.9.